The maximum Gasteiger partial charge on any atom is 0.267 e. The van der Waals surface area contributed by atoms with Gasteiger partial charge in [0.25, 0.3) is 5.92 Å². The molecule has 0 spiro atoms. The van der Waals surface area contributed by atoms with Crippen molar-refractivity contribution in [3.63, 3.8) is 0 Å². The first-order valence-electron chi connectivity index (χ1n) is 9.99. The number of benzene rings is 1. The van der Waals surface area contributed by atoms with Gasteiger partial charge in [-0.05, 0) is 55.4 Å². The van der Waals surface area contributed by atoms with Gasteiger partial charge in [-0.1, -0.05) is 17.4 Å². The Balaban J connectivity index is 1.45. The Labute approximate surface area is 167 Å². The number of fused-ring (bicyclic) bond motifs is 2. The third-order valence-corrected chi connectivity index (χ3v) is 5.70. The van der Waals surface area contributed by atoms with E-state index in [2.05, 4.69) is 37.7 Å². The van der Waals surface area contributed by atoms with Crippen molar-refractivity contribution in [2.45, 2.75) is 38.0 Å². The number of anilines is 1. The topological polar surface area (TPSA) is 68.5 Å². The highest BCUT2D eigenvalue weighted by Crippen LogP contribution is 2.43. The molecule has 3 aromatic rings. The van der Waals surface area contributed by atoms with Gasteiger partial charge in [0, 0.05) is 24.7 Å². The molecule has 1 aromatic carbocycles. The zero-order valence-corrected chi connectivity index (χ0v) is 16.2. The lowest BCUT2D eigenvalue weighted by Crippen LogP contribution is -2.30. The Bertz CT molecular complexity index is 1100. The molecule has 2 heterocycles. The first kappa shape index (κ1) is 18.1. The van der Waals surface area contributed by atoms with Crippen LogP contribution >= 0.6 is 0 Å². The lowest BCUT2D eigenvalue weighted by Gasteiger charge is -2.17. The molecule has 0 unspecified atom stereocenters. The summed E-state index contributed by atoms with van der Waals surface area (Å²) in [7, 11) is 1.87. The minimum absolute atomic E-state index is 0.275. The lowest BCUT2D eigenvalue weighted by molar-refractivity contribution is -0.00832. The van der Waals surface area contributed by atoms with Gasteiger partial charge in [0.15, 0.2) is 0 Å². The van der Waals surface area contributed by atoms with Crippen molar-refractivity contribution in [1.82, 2.24) is 25.0 Å². The predicted molar refractivity (Wildman–Crippen MR) is 107 cm³/mol. The van der Waals surface area contributed by atoms with Crippen LogP contribution in [-0.4, -0.2) is 37.4 Å². The van der Waals surface area contributed by atoms with Crippen LogP contribution in [-0.2, 0) is 13.5 Å². The molecule has 150 valence electrons. The number of alkyl halides is 2. The molecule has 0 bridgehead atoms. The third kappa shape index (κ3) is 3.47. The zero-order valence-electron chi connectivity index (χ0n) is 16.2. The molecule has 29 heavy (non-hydrogen) atoms. The highest BCUT2D eigenvalue weighted by Gasteiger charge is 2.46. The molecule has 0 amide bonds. The molecular weight excluding hydrogens is 374 g/mol. The molecule has 1 N–H and O–H groups in total. The number of aryl methyl sites for hydroxylation is 2. The molecule has 5 rings (SSSR count). The number of nitrogens with zero attached hydrogens (tertiary/aromatic N) is 5. The van der Waals surface area contributed by atoms with Crippen molar-refractivity contribution < 1.29 is 8.78 Å². The van der Waals surface area contributed by atoms with Crippen LogP contribution in [0.3, 0.4) is 0 Å². The predicted octanol–water partition coefficient (Wildman–Crippen LogP) is 3.98. The molecule has 2 aliphatic carbocycles. The van der Waals surface area contributed by atoms with Crippen molar-refractivity contribution in [3.05, 3.63) is 47.3 Å². The van der Waals surface area contributed by atoms with Crippen molar-refractivity contribution in [2.24, 2.45) is 13.0 Å². The summed E-state index contributed by atoms with van der Waals surface area (Å²) in [4.78, 5) is 8.91. The van der Waals surface area contributed by atoms with Crippen LogP contribution < -0.4 is 5.32 Å². The van der Waals surface area contributed by atoms with Crippen molar-refractivity contribution in [2.75, 3.05) is 11.9 Å². The molecule has 2 aromatic heterocycles. The summed E-state index contributed by atoms with van der Waals surface area (Å²) in [6.07, 6.45) is 7.84. The number of hydrogen-bond acceptors (Lipinski definition) is 5. The Kier molecular flexibility index (Phi) is 4.29. The van der Waals surface area contributed by atoms with Gasteiger partial charge < -0.3 is 5.32 Å². The van der Waals surface area contributed by atoms with E-state index < -0.39 is 18.4 Å². The van der Waals surface area contributed by atoms with Gasteiger partial charge in [0.05, 0.1) is 17.8 Å². The summed E-state index contributed by atoms with van der Waals surface area (Å²) in [5, 5.41) is 10.9. The fourth-order valence-corrected chi connectivity index (χ4v) is 3.86. The quantitative estimate of drug-likeness (QED) is 0.706. The fourth-order valence-electron chi connectivity index (χ4n) is 3.86. The van der Waals surface area contributed by atoms with Gasteiger partial charge in [-0.2, -0.15) is 0 Å². The molecule has 0 aliphatic heterocycles. The van der Waals surface area contributed by atoms with Crippen LogP contribution in [0.5, 0.6) is 0 Å². The molecule has 2 aliphatic rings. The molecule has 0 radical (unpaired) electrons. The molecule has 0 atom stereocenters. The Hall–Kier alpha value is -2.90. The summed E-state index contributed by atoms with van der Waals surface area (Å²) in [6.45, 7) is -0.413. The third-order valence-electron chi connectivity index (χ3n) is 5.70. The standard InChI is InChI=1S/C21H22F2N6/c1-29-19-10-13(6-9-18(19)27-28-29)15-4-2-3-5-17-16(15)11-24-20(26-17)25-12-21(22,23)14-7-8-14/h4,6,9-11,14H,2-3,5,7-8,12H2,1H3,(H,24,25,26). The summed E-state index contributed by atoms with van der Waals surface area (Å²) < 4.78 is 29.7. The van der Waals surface area contributed by atoms with Crippen molar-refractivity contribution in [3.8, 4) is 0 Å². The maximum atomic E-state index is 14.0. The van der Waals surface area contributed by atoms with Gasteiger partial charge in [-0.3, -0.25) is 0 Å². The Morgan fingerprint density at radius 3 is 2.97 bits per heavy atom. The molecular formula is C21H22F2N6. The van der Waals surface area contributed by atoms with E-state index in [0.29, 0.717) is 12.8 Å². The van der Waals surface area contributed by atoms with Crippen molar-refractivity contribution >= 4 is 22.6 Å². The normalized spacial score (nSPS) is 17.0. The second-order valence-corrected chi connectivity index (χ2v) is 7.87. The molecule has 0 saturated heterocycles. The SMILES string of the molecule is Cn1nnc2ccc(C3=CCCCc4nc(NCC(F)(F)C5CC5)ncc43)cc21. The minimum Gasteiger partial charge on any atom is -0.348 e. The van der Waals surface area contributed by atoms with Gasteiger partial charge in [-0.15, -0.1) is 5.10 Å². The summed E-state index contributed by atoms with van der Waals surface area (Å²) in [5.41, 5.74) is 5.76. The molecule has 1 fully saturated rings. The minimum atomic E-state index is -2.70. The second-order valence-electron chi connectivity index (χ2n) is 7.87. The van der Waals surface area contributed by atoms with Crippen LogP contribution in [0.4, 0.5) is 14.7 Å². The smallest absolute Gasteiger partial charge is 0.267 e. The van der Waals surface area contributed by atoms with Gasteiger partial charge >= 0.3 is 0 Å². The second kappa shape index (κ2) is 6.86. The Morgan fingerprint density at radius 2 is 2.14 bits per heavy atom. The number of hydrogen-bond donors (Lipinski definition) is 1. The molecule has 1 saturated carbocycles. The van der Waals surface area contributed by atoms with Crippen LogP contribution in [0.1, 0.15) is 42.5 Å². The highest BCUT2D eigenvalue weighted by molar-refractivity contribution is 5.86. The number of aromatic nitrogens is 5. The summed E-state index contributed by atoms with van der Waals surface area (Å²) >= 11 is 0. The lowest BCUT2D eigenvalue weighted by atomic mass is 9.97. The first-order valence-corrected chi connectivity index (χ1v) is 9.99. The van der Waals surface area contributed by atoms with E-state index in [1.807, 2.05) is 19.2 Å². The molecule has 8 heteroatoms. The van der Waals surface area contributed by atoms with Gasteiger partial charge in [-0.25, -0.2) is 23.4 Å². The fraction of sp³-hybridized carbons (Fsp3) is 0.429. The van der Waals surface area contributed by atoms with E-state index in [-0.39, 0.29) is 5.95 Å². The maximum absolute atomic E-state index is 14.0. The Morgan fingerprint density at radius 1 is 1.28 bits per heavy atom. The number of halogens is 2. The van der Waals surface area contributed by atoms with E-state index in [4.69, 9.17) is 0 Å². The van der Waals surface area contributed by atoms with Gasteiger partial charge in [0.1, 0.15) is 5.52 Å². The van der Waals surface area contributed by atoms with Gasteiger partial charge in [0.2, 0.25) is 5.95 Å². The van der Waals surface area contributed by atoms with Crippen LogP contribution in [0.25, 0.3) is 16.6 Å². The van der Waals surface area contributed by atoms with E-state index in [0.717, 1.165) is 52.7 Å². The van der Waals surface area contributed by atoms with Crippen LogP contribution in [0, 0.1) is 5.92 Å². The van der Waals surface area contributed by atoms with E-state index in [1.54, 1.807) is 10.9 Å². The monoisotopic (exact) mass is 396 g/mol. The average Bonchev–Trinajstić information content (AvgIpc) is 3.54. The van der Waals surface area contributed by atoms with E-state index in [1.165, 1.54) is 0 Å². The average molecular weight is 396 g/mol. The molecule has 6 nitrogen and oxygen atoms in total. The number of allylic oxidation sites excluding steroid dienone is 1. The zero-order chi connectivity index (χ0) is 20.0. The number of rotatable bonds is 5. The van der Waals surface area contributed by atoms with Crippen LogP contribution in [0.15, 0.2) is 30.5 Å². The van der Waals surface area contributed by atoms with E-state index in [9.17, 15) is 8.78 Å². The first-order chi connectivity index (χ1) is 14.0. The van der Waals surface area contributed by atoms with Crippen LogP contribution in [0.2, 0.25) is 0 Å². The number of nitrogens with one attached hydrogen (secondary N) is 1. The van der Waals surface area contributed by atoms with Crippen molar-refractivity contribution in [1.29, 1.82) is 0 Å². The summed E-state index contributed by atoms with van der Waals surface area (Å²) in [5.74, 6) is -2.92. The summed E-state index contributed by atoms with van der Waals surface area (Å²) in [6, 6.07) is 6.05. The highest BCUT2D eigenvalue weighted by atomic mass is 19.3. The largest absolute Gasteiger partial charge is 0.348 e. The van der Waals surface area contributed by atoms with E-state index >= 15 is 0 Å².